The molecule has 0 aromatic heterocycles. The second kappa shape index (κ2) is 6.16. The van der Waals surface area contributed by atoms with Gasteiger partial charge in [-0.25, -0.2) is 0 Å². The Kier molecular flexibility index (Phi) is 5.57. The van der Waals surface area contributed by atoms with Crippen molar-refractivity contribution in [1.29, 1.82) is 0 Å². The van der Waals surface area contributed by atoms with Crippen LogP contribution in [0.1, 0.15) is 0 Å². The molecule has 0 aliphatic rings. The lowest BCUT2D eigenvalue weighted by molar-refractivity contribution is 0.472. The Labute approximate surface area is 61.4 Å². The van der Waals surface area contributed by atoms with E-state index in [1.807, 2.05) is 7.05 Å². The van der Waals surface area contributed by atoms with Gasteiger partial charge in [0, 0.05) is 18.8 Å². The van der Waals surface area contributed by atoms with Gasteiger partial charge in [-0.1, -0.05) is 6.58 Å². The lowest BCUT2D eigenvalue weighted by Gasteiger charge is -2.03. The van der Waals surface area contributed by atoms with Crippen molar-refractivity contribution in [3.63, 3.8) is 0 Å². The van der Waals surface area contributed by atoms with Gasteiger partial charge in [0.15, 0.2) is 0 Å². The summed E-state index contributed by atoms with van der Waals surface area (Å²) in [6, 6.07) is 0. The molecule has 0 saturated heterocycles. The lowest BCUT2D eigenvalue weighted by Crippen LogP contribution is -2.23. The standard InChI is InChI=1S/C7H14N2O/c1-7(3-6-10)9-5-4-8-2/h3,6,8-10H,1,4-5H2,2H3/b6-3+. The normalized spacial score (nSPS) is 10.1. The maximum absolute atomic E-state index is 8.30. The van der Waals surface area contributed by atoms with E-state index >= 15 is 0 Å². The number of likely N-dealkylation sites (N-methyl/N-ethyl adjacent to an activating group) is 1. The molecule has 0 heterocycles. The Morgan fingerprint density at radius 2 is 2.30 bits per heavy atom. The van der Waals surface area contributed by atoms with Crippen LogP contribution in [0.3, 0.4) is 0 Å². The van der Waals surface area contributed by atoms with Gasteiger partial charge < -0.3 is 15.7 Å². The van der Waals surface area contributed by atoms with Crippen LogP contribution in [0.5, 0.6) is 0 Å². The SMILES string of the molecule is C=C(/C=C/O)NCCNC. The molecule has 0 aliphatic carbocycles. The van der Waals surface area contributed by atoms with Crippen molar-refractivity contribution in [2.24, 2.45) is 0 Å². The molecule has 0 aromatic rings. The Bertz CT molecular complexity index is 121. The lowest BCUT2D eigenvalue weighted by atomic mass is 10.4. The highest BCUT2D eigenvalue weighted by atomic mass is 16.2. The van der Waals surface area contributed by atoms with Crippen molar-refractivity contribution in [1.82, 2.24) is 10.6 Å². The van der Waals surface area contributed by atoms with E-state index in [2.05, 4.69) is 17.2 Å². The Balaban J connectivity index is 3.22. The van der Waals surface area contributed by atoms with Crippen molar-refractivity contribution >= 4 is 0 Å². The first kappa shape index (κ1) is 9.04. The zero-order valence-corrected chi connectivity index (χ0v) is 6.22. The van der Waals surface area contributed by atoms with Crippen LogP contribution in [0.2, 0.25) is 0 Å². The summed E-state index contributed by atoms with van der Waals surface area (Å²) < 4.78 is 0. The maximum Gasteiger partial charge on any atom is 0.0812 e. The van der Waals surface area contributed by atoms with Gasteiger partial charge in [0.25, 0.3) is 0 Å². The molecule has 3 N–H and O–H groups in total. The molecule has 3 heteroatoms. The minimum Gasteiger partial charge on any atom is -0.516 e. The predicted octanol–water partition coefficient (Wildman–Crippen LogP) is 0.381. The van der Waals surface area contributed by atoms with Gasteiger partial charge in [-0.15, -0.1) is 0 Å². The summed E-state index contributed by atoms with van der Waals surface area (Å²) in [7, 11) is 1.88. The van der Waals surface area contributed by atoms with Gasteiger partial charge in [0.1, 0.15) is 0 Å². The molecule has 0 atom stereocenters. The molecule has 10 heavy (non-hydrogen) atoms. The summed E-state index contributed by atoms with van der Waals surface area (Å²) >= 11 is 0. The van der Waals surface area contributed by atoms with Crippen LogP contribution >= 0.6 is 0 Å². The van der Waals surface area contributed by atoms with E-state index in [9.17, 15) is 0 Å². The van der Waals surface area contributed by atoms with E-state index in [0.717, 1.165) is 25.0 Å². The second-order valence-electron chi connectivity index (χ2n) is 1.87. The third-order valence-electron chi connectivity index (χ3n) is 1.00. The number of aliphatic hydroxyl groups is 1. The van der Waals surface area contributed by atoms with Gasteiger partial charge in [-0.05, 0) is 13.1 Å². The molecular formula is C7H14N2O. The van der Waals surface area contributed by atoms with Crippen LogP contribution in [0.25, 0.3) is 0 Å². The largest absolute Gasteiger partial charge is 0.516 e. The number of nitrogens with one attached hydrogen (secondary N) is 2. The van der Waals surface area contributed by atoms with Gasteiger partial charge in [-0.2, -0.15) is 0 Å². The van der Waals surface area contributed by atoms with E-state index in [4.69, 9.17) is 5.11 Å². The van der Waals surface area contributed by atoms with Crippen molar-refractivity contribution in [3.8, 4) is 0 Å². The molecule has 0 spiro atoms. The first-order valence-corrected chi connectivity index (χ1v) is 3.19. The van der Waals surface area contributed by atoms with Crippen molar-refractivity contribution in [2.75, 3.05) is 20.1 Å². The molecule has 0 radical (unpaired) electrons. The van der Waals surface area contributed by atoms with Crippen molar-refractivity contribution in [2.45, 2.75) is 0 Å². The summed E-state index contributed by atoms with van der Waals surface area (Å²) in [4.78, 5) is 0. The number of aliphatic hydroxyl groups excluding tert-OH is 1. The molecular weight excluding hydrogens is 128 g/mol. The molecule has 0 bridgehead atoms. The zero-order valence-electron chi connectivity index (χ0n) is 6.22. The van der Waals surface area contributed by atoms with E-state index in [1.54, 1.807) is 0 Å². The molecule has 58 valence electrons. The van der Waals surface area contributed by atoms with E-state index in [0.29, 0.717) is 0 Å². The molecule has 0 aromatic carbocycles. The zero-order chi connectivity index (χ0) is 7.82. The average molecular weight is 142 g/mol. The highest BCUT2D eigenvalue weighted by Gasteiger charge is 1.83. The van der Waals surface area contributed by atoms with Crippen molar-refractivity contribution in [3.05, 3.63) is 24.6 Å². The molecule has 0 fully saturated rings. The quantitative estimate of drug-likeness (QED) is 0.295. The van der Waals surface area contributed by atoms with Gasteiger partial charge >= 0.3 is 0 Å². The van der Waals surface area contributed by atoms with Crippen LogP contribution in [0.15, 0.2) is 24.6 Å². The minimum atomic E-state index is 0.720. The van der Waals surface area contributed by atoms with E-state index in [1.165, 1.54) is 6.08 Å². The molecule has 0 amide bonds. The van der Waals surface area contributed by atoms with Crippen LogP contribution in [0, 0.1) is 0 Å². The molecule has 0 saturated carbocycles. The van der Waals surface area contributed by atoms with Gasteiger partial charge in [-0.3, -0.25) is 0 Å². The number of hydrogen-bond acceptors (Lipinski definition) is 3. The smallest absolute Gasteiger partial charge is 0.0812 e. The highest BCUT2D eigenvalue weighted by Crippen LogP contribution is 1.82. The first-order valence-electron chi connectivity index (χ1n) is 3.19. The van der Waals surface area contributed by atoms with Crippen LogP contribution in [0.4, 0.5) is 0 Å². The monoisotopic (exact) mass is 142 g/mol. The number of allylic oxidation sites excluding steroid dienone is 1. The Hall–Kier alpha value is -0.960. The second-order valence-corrected chi connectivity index (χ2v) is 1.87. The summed E-state index contributed by atoms with van der Waals surface area (Å²) in [5, 5.41) is 14.3. The topological polar surface area (TPSA) is 44.3 Å². The van der Waals surface area contributed by atoms with E-state index < -0.39 is 0 Å². The fraction of sp³-hybridized carbons (Fsp3) is 0.429. The van der Waals surface area contributed by atoms with Crippen LogP contribution in [-0.4, -0.2) is 25.2 Å². The molecule has 0 aliphatic heterocycles. The third kappa shape index (κ3) is 5.18. The molecule has 3 nitrogen and oxygen atoms in total. The third-order valence-corrected chi connectivity index (χ3v) is 1.00. The molecule has 0 unspecified atom stereocenters. The summed E-state index contributed by atoms with van der Waals surface area (Å²) in [6.07, 6.45) is 2.48. The molecule has 0 rings (SSSR count). The minimum absolute atomic E-state index is 0.720. The average Bonchev–Trinajstić information content (AvgIpc) is 1.89. The highest BCUT2D eigenvalue weighted by molar-refractivity contribution is 5.09. The summed E-state index contributed by atoms with van der Waals surface area (Å²) in [5.41, 5.74) is 0.720. The van der Waals surface area contributed by atoms with Crippen molar-refractivity contribution < 1.29 is 5.11 Å². The maximum atomic E-state index is 8.30. The Morgan fingerprint density at radius 1 is 1.60 bits per heavy atom. The van der Waals surface area contributed by atoms with E-state index in [-0.39, 0.29) is 0 Å². The van der Waals surface area contributed by atoms with Gasteiger partial charge in [0.2, 0.25) is 0 Å². The summed E-state index contributed by atoms with van der Waals surface area (Å²) in [5.74, 6) is 0. The Morgan fingerprint density at radius 3 is 2.80 bits per heavy atom. The fourth-order valence-electron chi connectivity index (χ4n) is 0.497. The van der Waals surface area contributed by atoms with Crippen LogP contribution < -0.4 is 10.6 Å². The summed E-state index contributed by atoms with van der Waals surface area (Å²) in [6.45, 7) is 5.34. The predicted molar refractivity (Wildman–Crippen MR) is 42.8 cm³/mol. The number of hydrogen-bond donors (Lipinski definition) is 3. The number of rotatable bonds is 5. The van der Waals surface area contributed by atoms with Gasteiger partial charge in [0.05, 0.1) is 6.26 Å². The fourth-order valence-corrected chi connectivity index (χ4v) is 0.497. The first-order chi connectivity index (χ1) is 4.81. The van der Waals surface area contributed by atoms with Crippen LogP contribution in [-0.2, 0) is 0 Å².